The maximum Gasteiger partial charge on any atom is 0.194 e. The first kappa shape index (κ1) is 21.6. The number of thiazole rings is 2. The van der Waals surface area contributed by atoms with Crippen LogP contribution in [0.5, 0.6) is 0 Å². The van der Waals surface area contributed by atoms with E-state index in [9.17, 15) is 0 Å². The maximum absolute atomic E-state index is 4.85. The first-order valence-electron chi connectivity index (χ1n) is 9.04. The predicted octanol–water partition coefficient (Wildman–Crippen LogP) is 4.04. The van der Waals surface area contributed by atoms with Crippen LogP contribution in [0.15, 0.2) is 11.2 Å². The van der Waals surface area contributed by atoms with Crippen molar-refractivity contribution in [3.63, 3.8) is 0 Å². The van der Waals surface area contributed by atoms with Gasteiger partial charge in [-0.05, 0) is 39.5 Å². The van der Waals surface area contributed by atoms with Gasteiger partial charge in [-0.15, -0.1) is 46.7 Å². The van der Waals surface area contributed by atoms with Gasteiger partial charge in [0, 0.05) is 42.5 Å². The topological polar surface area (TPSA) is 53.4 Å². The third-order valence-electron chi connectivity index (χ3n) is 4.22. The van der Waals surface area contributed by atoms with Gasteiger partial charge in [0.15, 0.2) is 5.96 Å². The molecule has 0 fully saturated rings. The van der Waals surface area contributed by atoms with Crippen molar-refractivity contribution in [2.24, 2.45) is 4.99 Å². The lowest BCUT2D eigenvalue weighted by Crippen LogP contribution is -2.38. The van der Waals surface area contributed by atoms with Crippen LogP contribution in [-0.2, 0) is 25.8 Å². The van der Waals surface area contributed by atoms with Crippen LogP contribution in [0.25, 0.3) is 0 Å². The van der Waals surface area contributed by atoms with Gasteiger partial charge in [-0.2, -0.15) is 0 Å². The highest BCUT2D eigenvalue weighted by atomic mass is 127. The third-order valence-corrected chi connectivity index (χ3v) is 6.33. The van der Waals surface area contributed by atoms with E-state index in [1.807, 2.05) is 17.5 Å². The van der Waals surface area contributed by atoms with E-state index < -0.39 is 0 Å². The van der Waals surface area contributed by atoms with Gasteiger partial charge >= 0.3 is 0 Å². The Labute approximate surface area is 181 Å². The van der Waals surface area contributed by atoms with Crippen LogP contribution in [0.2, 0.25) is 0 Å². The molecular formula is C18H28IN5S2. The highest BCUT2D eigenvalue weighted by Gasteiger charge is 2.16. The molecule has 2 aromatic heterocycles. The van der Waals surface area contributed by atoms with Gasteiger partial charge in [0.05, 0.1) is 17.2 Å². The zero-order chi connectivity index (χ0) is 17.6. The molecule has 2 aromatic rings. The molecule has 1 aliphatic carbocycles. The molecule has 8 heteroatoms. The standard InChI is InChI=1S/C18H27N5S2.HI/c1-4-19-18(20-10-9-16-21-11-13(2)24-16)23(3)12-17-22-14-7-5-6-8-15(14)25-17;/h11H,4-10,12H2,1-3H3,(H,19,20);1H. The van der Waals surface area contributed by atoms with Crippen LogP contribution in [0.4, 0.5) is 0 Å². The van der Waals surface area contributed by atoms with Crippen LogP contribution in [0.3, 0.4) is 0 Å². The van der Waals surface area contributed by atoms with Crippen LogP contribution in [0.1, 0.15) is 45.2 Å². The first-order valence-corrected chi connectivity index (χ1v) is 10.7. The monoisotopic (exact) mass is 505 g/mol. The molecule has 0 spiro atoms. The van der Waals surface area contributed by atoms with Crippen LogP contribution in [0, 0.1) is 6.92 Å². The van der Waals surface area contributed by atoms with Crippen molar-refractivity contribution >= 4 is 52.6 Å². The molecule has 144 valence electrons. The second kappa shape index (κ2) is 10.6. The van der Waals surface area contributed by atoms with E-state index in [1.54, 1.807) is 11.3 Å². The molecule has 0 aliphatic heterocycles. The fraction of sp³-hybridized carbons (Fsp3) is 0.611. The number of hydrogen-bond donors (Lipinski definition) is 1. The van der Waals surface area contributed by atoms with Gasteiger partial charge in [-0.25, -0.2) is 9.97 Å². The van der Waals surface area contributed by atoms with E-state index in [4.69, 9.17) is 9.98 Å². The Bertz CT molecular complexity index is 701. The fourth-order valence-electron chi connectivity index (χ4n) is 3.00. The summed E-state index contributed by atoms with van der Waals surface area (Å²) in [5.41, 5.74) is 1.33. The molecule has 1 aliphatic rings. The second-order valence-electron chi connectivity index (χ2n) is 6.39. The lowest BCUT2D eigenvalue weighted by molar-refractivity contribution is 0.475. The van der Waals surface area contributed by atoms with Gasteiger partial charge in [0.25, 0.3) is 0 Å². The largest absolute Gasteiger partial charge is 0.357 e. The van der Waals surface area contributed by atoms with E-state index in [1.165, 1.54) is 39.7 Å². The van der Waals surface area contributed by atoms with Gasteiger partial charge in [0.2, 0.25) is 0 Å². The molecule has 0 bridgehead atoms. The van der Waals surface area contributed by atoms with E-state index in [0.29, 0.717) is 0 Å². The number of aryl methyl sites for hydroxylation is 3. The van der Waals surface area contributed by atoms with Crippen molar-refractivity contribution in [1.29, 1.82) is 0 Å². The zero-order valence-corrected chi connectivity index (χ0v) is 19.7. The molecule has 2 heterocycles. The normalized spacial score (nSPS) is 13.9. The number of hydrogen-bond acceptors (Lipinski definition) is 5. The summed E-state index contributed by atoms with van der Waals surface area (Å²) in [6.07, 6.45) is 7.78. The number of rotatable bonds is 6. The molecule has 0 aromatic carbocycles. The Hall–Kier alpha value is -0.740. The Morgan fingerprint density at radius 3 is 2.77 bits per heavy atom. The summed E-state index contributed by atoms with van der Waals surface area (Å²) in [6.45, 7) is 6.65. The average molecular weight is 505 g/mol. The molecule has 0 saturated carbocycles. The summed E-state index contributed by atoms with van der Waals surface area (Å²) in [5, 5.41) is 5.76. The maximum atomic E-state index is 4.85. The van der Waals surface area contributed by atoms with E-state index in [-0.39, 0.29) is 24.0 Å². The molecular weight excluding hydrogens is 477 g/mol. The van der Waals surface area contributed by atoms with Crippen molar-refractivity contribution < 1.29 is 0 Å². The summed E-state index contributed by atoms with van der Waals surface area (Å²) in [7, 11) is 2.09. The number of aromatic nitrogens is 2. The molecule has 5 nitrogen and oxygen atoms in total. The number of nitrogens with zero attached hydrogens (tertiary/aromatic N) is 4. The molecule has 26 heavy (non-hydrogen) atoms. The third kappa shape index (κ3) is 5.88. The van der Waals surface area contributed by atoms with Crippen LogP contribution in [-0.4, -0.2) is 41.0 Å². The minimum Gasteiger partial charge on any atom is -0.357 e. The molecule has 3 rings (SSSR count). The summed E-state index contributed by atoms with van der Waals surface area (Å²) < 4.78 is 0. The smallest absolute Gasteiger partial charge is 0.194 e. The van der Waals surface area contributed by atoms with Crippen LogP contribution >= 0.6 is 46.7 Å². The van der Waals surface area contributed by atoms with E-state index in [2.05, 4.69) is 36.1 Å². The van der Waals surface area contributed by atoms with Crippen molar-refractivity contribution in [2.75, 3.05) is 20.1 Å². The lowest BCUT2D eigenvalue weighted by atomic mass is 10.0. The summed E-state index contributed by atoms with van der Waals surface area (Å²) >= 11 is 3.64. The quantitative estimate of drug-likeness (QED) is 0.366. The van der Waals surface area contributed by atoms with Crippen molar-refractivity contribution in [1.82, 2.24) is 20.2 Å². The molecule has 0 radical (unpaired) electrons. The van der Waals surface area contributed by atoms with Gasteiger partial charge in [-0.3, -0.25) is 4.99 Å². The molecule has 1 N–H and O–H groups in total. The van der Waals surface area contributed by atoms with Crippen molar-refractivity contribution in [2.45, 2.75) is 52.5 Å². The Balaban J connectivity index is 0.00000243. The zero-order valence-electron chi connectivity index (χ0n) is 15.7. The highest BCUT2D eigenvalue weighted by Crippen LogP contribution is 2.27. The van der Waals surface area contributed by atoms with Crippen molar-refractivity contribution in [3.05, 3.63) is 31.7 Å². The summed E-state index contributed by atoms with van der Waals surface area (Å²) in [6, 6.07) is 0. The average Bonchev–Trinajstić information content (AvgIpc) is 3.19. The number of fused-ring (bicyclic) bond motifs is 1. The van der Waals surface area contributed by atoms with Crippen molar-refractivity contribution in [3.8, 4) is 0 Å². The minimum absolute atomic E-state index is 0. The molecule has 0 amide bonds. The van der Waals surface area contributed by atoms with Crippen LogP contribution < -0.4 is 5.32 Å². The number of aliphatic imine (C=N–C) groups is 1. The number of guanidine groups is 1. The molecule has 0 saturated heterocycles. The first-order chi connectivity index (χ1) is 12.2. The second-order valence-corrected chi connectivity index (χ2v) is 8.88. The van der Waals surface area contributed by atoms with E-state index >= 15 is 0 Å². The summed E-state index contributed by atoms with van der Waals surface area (Å²) in [5.74, 6) is 0.948. The molecule has 0 unspecified atom stereocenters. The van der Waals surface area contributed by atoms with Gasteiger partial charge in [-0.1, -0.05) is 0 Å². The number of nitrogens with one attached hydrogen (secondary N) is 1. The summed E-state index contributed by atoms with van der Waals surface area (Å²) in [4.78, 5) is 19.0. The number of halogens is 1. The van der Waals surface area contributed by atoms with E-state index in [0.717, 1.165) is 43.4 Å². The Morgan fingerprint density at radius 2 is 2.08 bits per heavy atom. The van der Waals surface area contributed by atoms with Gasteiger partial charge < -0.3 is 10.2 Å². The SMILES string of the molecule is CCNC(=NCCc1ncc(C)s1)N(C)Cc1nc2c(s1)CCCC2.I. The fourth-order valence-corrected chi connectivity index (χ4v) is 4.98. The minimum atomic E-state index is 0. The lowest BCUT2D eigenvalue weighted by Gasteiger charge is -2.20. The Morgan fingerprint density at radius 1 is 1.27 bits per heavy atom. The molecule has 0 atom stereocenters. The Kier molecular flexibility index (Phi) is 8.75. The highest BCUT2D eigenvalue weighted by molar-refractivity contribution is 14.0. The predicted molar refractivity (Wildman–Crippen MR) is 122 cm³/mol. The van der Waals surface area contributed by atoms with Gasteiger partial charge in [0.1, 0.15) is 5.01 Å².